The third-order valence-electron chi connectivity index (χ3n) is 2.23. The van der Waals surface area contributed by atoms with Gasteiger partial charge in [-0.25, -0.2) is 4.39 Å². The van der Waals surface area contributed by atoms with Crippen LogP contribution in [0.2, 0.25) is 5.02 Å². The Morgan fingerprint density at radius 2 is 2.00 bits per heavy atom. The molecule has 94 valence electrons. The van der Waals surface area contributed by atoms with Crippen LogP contribution in [0.5, 0.6) is 11.5 Å². The van der Waals surface area contributed by atoms with Crippen molar-refractivity contribution >= 4 is 27.5 Å². The van der Waals surface area contributed by atoms with Gasteiger partial charge < -0.3 is 9.84 Å². The van der Waals surface area contributed by atoms with E-state index in [1.807, 2.05) is 0 Å². The Morgan fingerprint density at radius 3 is 2.72 bits per heavy atom. The molecule has 0 aromatic heterocycles. The summed E-state index contributed by atoms with van der Waals surface area (Å²) in [6.07, 6.45) is 0. The van der Waals surface area contributed by atoms with Gasteiger partial charge in [-0.2, -0.15) is 0 Å². The Balaban J connectivity index is 2.33. The average molecular weight is 332 g/mol. The first kappa shape index (κ1) is 13.3. The molecular formula is C13H9BrClFO2. The van der Waals surface area contributed by atoms with E-state index in [9.17, 15) is 4.39 Å². The van der Waals surface area contributed by atoms with Gasteiger partial charge in [0.25, 0.3) is 0 Å². The molecule has 0 unspecified atom stereocenters. The van der Waals surface area contributed by atoms with Crippen LogP contribution < -0.4 is 4.74 Å². The fourth-order valence-electron chi connectivity index (χ4n) is 1.45. The van der Waals surface area contributed by atoms with Crippen LogP contribution in [0.15, 0.2) is 40.9 Å². The fourth-order valence-corrected chi connectivity index (χ4v) is 1.95. The van der Waals surface area contributed by atoms with Gasteiger partial charge in [0, 0.05) is 10.5 Å². The Bertz CT molecular complexity index is 575. The molecule has 0 amide bonds. The molecule has 0 aliphatic rings. The van der Waals surface area contributed by atoms with Crippen molar-refractivity contribution in [2.24, 2.45) is 0 Å². The van der Waals surface area contributed by atoms with Crippen molar-refractivity contribution in [1.82, 2.24) is 0 Å². The van der Waals surface area contributed by atoms with Crippen LogP contribution in [-0.4, -0.2) is 5.11 Å². The van der Waals surface area contributed by atoms with Gasteiger partial charge in [0.05, 0.1) is 11.6 Å². The summed E-state index contributed by atoms with van der Waals surface area (Å²) in [5.74, 6) is 0.238. The molecule has 1 N–H and O–H groups in total. The molecule has 5 heteroatoms. The average Bonchev–Trinajstić information content (AvgIpc) is 2.33. The van der Waals surface area contributed by atoms with Gasteiger partial charge in [0.15, 0.2) is 0 Å². The summed E-state index contributed by atoms with van der Waals surface area (Å²) in [5.41, 5.74) is 0.441. The lowest BCUT2D eigenvalue weighted by atomic mass is 10.2. The first-order chi connectivity index (χ1) is 8.58. The van der Waals surface area contributed by atoms with E-state index in [0.717, 1.165) is 4.47 Å². The van der Waals surface area contributed by atoms with E-state index >= 15 is 0 Å². The SMILES string of the molecule is OCc1cc(F)cc(Oc2cc(Br)ccc2Cl)c1. The van der Waals surface area contributed by atoms with Crippen LogP contribution in [0.3, 0.4) is 0 Å². The van der Waals surface area contributed by atoms with Crippen molar-refractivity contribution in [1.29, 1.82) is 0 Å². The molecule has 2 aromatic carbocycles. The van der Waals surface area contributed by atoms with E-state index in [1.165, 1.54) is 12.1 Å². The molecule has 0 radical (unpaired) electrons. The number of hydrogen-bond donors (Lipinski definition) is 1. The summed E-state index contributed by atoms with van der Waals surface area (Å²) < 4.78 is 19.6. The number of aliphatic hydroxyl groups is 1. The lowest BCUT2D eigenvalue weighted by molar-refractivity contribution is 0.280. The minimum Gasteiger partial charge on any atom is -0.456 e. The zero-order valence-corrected chi connectivity index (χ0v) is 11.5. The molecule has 18 heavy (non-hydrogen) atoms. The van der Waals surface area contributed by atoms with Crippen LogP contribution in [0.25, 0.3) is 0 Å². The largest absolute Gasteiger partial charge is 0.456 e. The molecule has 0 heterocycles. The molecule has 0 atom stereocenters. The summed E-state index contributed by atoms with van der Waals surface area (Å²) in [6.45, 7) is -0.250. The predicted octanol–water partition coefficient (Wildman–Crippen LogP) is 4.53. The van der Waals surface area contributed by atoms with E-state index in [0.29, 0.717) is 22.1 Å². The maximum Gasteiger partial charge on any atom is 0.147 e. The monoisotopic (exact) mass is 330 g/mol. The fraction of sp³-hybridized carbons (Fsp3) is 0.0769. The molecule has 0 aliphatic carbocycles. The number of halogens is 3. The Hall–Kier alpha value is -1.10. The molecule has 0 bridgehead atoms. The summed E-state index contributed by atoms with van der Waals surface area (Å²) in [7, 11) is 0. The van der Waals surface area contributed by atoms with Crippen LogP contribution in [0.1, 0.15) is 5.56 Å². The zero-order chi connectivity index (χ0) is 13.1. The first-order valence-electron chi connectivity index (χ1n) is 5.12. The third-order valence-corrected chi connectivity index (χ3v) is 3.04. The predicted molar refractivity (Wildman–Crippen MR) is 71.5 cm³/mol. The quantitative estimate of drug-likeness (QED) is 0.895. The number of hydrogen-bond acceptors (Lipinski definition) is 2. The molecule has 0 fully saturated rings. The minimum atomic E-state index is -0.470. The highest BCUT2D eigenvalue weighted by Gasteiger charge is 2.06. The van der Waals surface area contributed by atoms with Crippen LogP contribution in [0, 0.1) is 5.82 Å². The molecule has 2 nitrogen and oxygen atoms in total. The van der Waals surface area contributed by atoms with E-state index in [4.69, 9.17) is 21.4 Å². The summed E-state index contributed by atoms with van der Waals surface area (Å²) in [6, 6.07) is 9.17. The van der Waals surface area contributed by atoms with Gasteiger partial charge in [-0.1, -0.05) is 27.5 Å². The molecule has 0 spiro atoms. The highest BCUT2D eigenvalue weighted by atomic mass is 79.9. The van der Waals surface area contributed by atoms with Gasteiger partial charge in [0.2, 0.25) is 0 Å². The highest BCUT2D eigenvalue weighted by molar-refractivity contribution is 9.10. The third kappa shape index (κ3) is 3.22. The summed E-state index contributed by atoms with van der Waals surface area (Å²) in [5, 5.41) is 9.42. The van der Waals surface area contributed by atoms with E-state index in [1.54, 1.807) is 24.3 Å². The second kappa shape index (κ2) is 5.69. The highest BCUT2D eigenvalue weighted by Crippen LogP contribution is 2.32. The number of aliphatic hydroxyl groups excluding tert-OH is 1. The molecule has 0 saturated heterocycles. The second-order valence-corrected chi connectivity index (χ2v) is 4.95. The van der Waals surface area contributed by atoms with Crippen molar-refractivity contribution in [3.8, 4) is 11.5 Å². The van der Waals surface area contributed by atoms with Crippen molar-refractivity contribution in [3.05, 3.63) is 57.3 Å². The number of rotatable bonds is 3. The van der Waals surface area contributed by atoms with E-state index in [-0.39, 0.29) is 6.61 Å². The molecule has 2 aromatic rings. The number of benzene rings is 2. The Morgan fingerprint density at radius 1 is 1.22 bits per heavy atom. The van der Waals surface area contributed by atoms with Crippen molar-refractivity contribution in [2.75, 3.05) is 0 Å². The topological polar surface area (TPSA) is 29.5 Å². The second-order valence-electron chi connectivity index (χ2n) is 3.63. The van der Waals surface area contributed by atoms with Gasteiger partial charge in [-0.15, -0.1) is 0 Å². The van der Waals surface area contributed by atoms with Crippen molar-refractivity contribution in [3.63, 3.8) is 0 Å². The molecular weight excluding hydrogens is 322 g/mol. The number of ether oxygens (including phenoxy) is 1. The summed E-state index contributed by atoms with van der Waals surface area (Å²) in [4.78, 5) is 0. The van der Waals surface area contributed by atoms with Crippen LogP contribution in [0.4, 0.5) is 4.39 Å². The van der Waals surface area contributed by atoms with Crippen LogP contribution in [-0.2, 0) is 6.61 Å². The molecule has 0 aliphatic heterocycles. The Labute approximate surface area is 117 Å². The van der Waals surface area contributed by atoms with Gasteiger partial charge >= 0.3 is 0 Å². The van der Waals surface area contributed by atoms with Gasteiger partial charge in [-0.3, -0.25) is 0 Å². The van der Waals surface area contributed by atoms with Crippen molar-refractivity contribution in [2.45, 2.75) is 6.61 Å². The zero-order valence-electron chi connectivity index (χ0n) is 9.16. The maximum absolute atomic E-state index is 13.3. The maximum atomic E-state index is 13.3. The first-order valence-corrected chi connectivity index (χ1v) is 6.29. The van der Waals surface area contributed by atoms with E-state index < -0.39 is 5.82 Å². The normalized spacial score (nSPS) is 10.4. The lowest BCUT2D eigenvalue weighted by Gasteiger charge is -2.09. The van der Waals surface area contributed by atoms with E-state index in [2.05, 4.69) is 15.9 Å². The molecule has 2 rings (SSSR count). The van der Waals surface area contributed by atoms with Gasteiger partial charge in [0.1, 0.15) is 17.3 Å². The molecule has 0 saturated carbocycles. The van der Waals surface area contributed by atoms with Gasteiger partial charge in [-0.05, 0) is 35.9 Å². The minimum absolute atomic E-state index is 0.250. The lowest BCUT2D eigenvalue weighted by Crippen LogP contribution is -1.90. The smallest absolute Gasteiger partial charge is 0.147 e. The Kier molecular flexibility index (Phi) is 4.22. The standard InChI is InChI=1S/C13H9BrClFO2/c14-9-1-2-12(15)13(5-9)18-11-4-8(7-17)3-10(16)6-11/h1-6,17H,7H2. The summed E-state index contributed by atoms with van der Waals surface area (Å²) >= 11 is 9.27. The van der Waals surface area contributed by atoms with Crippen molar-refractivity contribution < 1.29 is 14.2 Å². The van der Waals surface area contributed by atoms with Crippen LogP contribution >= 0.6 is 27.5 Å².